The molecule has 1 aromatic rings. The second-order valence-electron chi connectivity index (χ2n) is 7.39. The van der Waals surface area contributed by atoms with Gasteiger partial charge in [0.1, 0.15) is 5.60 Å². The molecule has 1 heterocycles. The third-order valence-corrected chi connectivity index (χ3v) is 4.28. The van der Waals surface area contributed by atoms with Crippen molar-refractivity contribution in [1.82, 2.24) is 9.88 Å². The number of ether oxygens (including phenoxy) is 1. The average molecular weight is 403 g/mol. The lowest BCUT2D eigenvalue weighted by molar-refractivity contribution is -0.134. The van der Waals surface area contributed by atoms with Gasteiger partial charge in [-0.05, 0) is 33.1 Å². The van der Waals surface area contributed by atoms with Gasteiger partial charge in [0.05, 0.1) is 5.01 Å². The fraction of sp³-hybridized carbons (Fsp3) is 0.667. The number of carbonyl (C=O) groups excluding carboxylic acids is 1. The van der Waals surface area contributed by atoms with Gasteiger partial charge in [-0.1, -0.05) is 13.8 Å². The summed E-state index contributed by atoms with van der Waals surface area (Å²) in [4.78, 5) is 37.8. The molecule has 0 aromatic carbocycles. The predicted molar refractivity (Wildman–Crippen MR) is 103 cm³/mol. The molecule has 1 aromatic heterocycles. The molecule has 1 unspecified atom stereocenters. The Kier molecular flexibility index (Phi) is 9.99. The monoisotopic (exact) mass is 402 g/mol. The van der Waals surface area contributed by atoms with Crippen LogP contribution in [0.4, 0.5) is 4.79 Å². The number of aliphatic carboxylic acids is 1. The number of aromatic nitrogens is 1. The summed E-state index contributed by atoms with van der Waals surface area (Å²) in [5.74, 6) is -1.59. The van der Waals surface area contributed by atoms with E-state index in [1.807, 2.05) is 20.8 Å². The van der Waals surface area contributed by atoms with Gasteiger partial charge in [-0.15, -0.1) is 11.3 Å². The topological polar surface area (TPSA) is 117 Å². The van der Waals surface area contributed by atoms with Gasteiger partial charge in [0.25, 0.3) is 5.97 Å². The molecule has 0 aliphatic heterocycles. The number of hydrogen-bond donors (Lipinski definition) is 2. The van der Waals surface area contributed by atoms with Gasteiger partial charge >= 0.3 is 12.1 Å². The summed E-state index contributed by atoms with van der Waals surface area (Å²) in [5.41, 5.74) is -0.454. The quantitative estimate of drug-likeness (QED) is 0.744. The Hall–Kier alpha value is -2.16. The molecule has 0 aliphatic rings. The van der Waals surface area contributed by atoms with Crippen molar-refractivity contribution in [1.29, 1.82) is 0 Å². The van der Waals surface area contributed by atoms with Crippen molar-refractivity contribution in [2.45, 2.75) is 66.0 Å². The molecule has 0 fully saturated rings. The highest BCUT2D eigenvalue weighted by Crippen LogP contribution is 2.20. The second-order valence-corrected chi connectivity index (χ2v) is 8.33. The van der Waals surface area contributed by atoms with Crippen LogP contribution in [0.15, 0.2) is 5.38 Å². The number of carboxylic acids is 2. The molecule has 1 atom stereocenters. The Morgan fingerprint density at radius 2 is 1.78 bits per heavy atom. The van der Waals surface area contributed by atoms with E-state index in [-0.39, 0.29) is 23.7 Å². The molecule has 9 heteroatoms. The minimum atomic E-state index is -1.02. The van der Waals surface area contributed by atoms with Crippen molar-refractivity contribution in [3.63, 3.8) is 0 Å². The summed E-state index contributed by atoms with van der Waals surface area (Å²) in [6.07, 6.45) is 0.995. The predicted octanol–water partition coefficient (Wildman–Crippen LogP) is 3.76. The van der Waals surface area contributed by atoms with E-state index in [9.17, 15) is 9.59 Å². The Labute approximate surface area is 164 Å². The minimum Gasteiger partial charge on any atom is -0.481 e. The van der Waals surface area contributed by atoms with Crippen LogP contribution in [0.5, 0.6) is 0 Å². The fourth-order valence-corrected chi connectivity index (χ4v) is 3.03. The summed E-state index contributed by atoms with van der Waals surface area (Å²) >= 11 is 1.34. The van der Waals surface area contributed by atoms with Gasteiger partial charge in [0.15, 0.2) is 5.69 Å². The number of carboxylic acid groups (broad SMARTS) is 2. The SMILES string of the molecule is CC(=O)O.CC(C)C(CCc1nc(C(=O)O)cs1)N(C)C(=O)OC(C)(C)C. The molecule has 1 amide bonds. The number of nitrogens with zero attached hydrogens (tertiary/aromatic N) is 2. The summed E-state index contributed by atoms with van der Waals surface area (Å²) in [5, 5.41) is 18.6. The molecule has 0 saturated carbocycles. The van der Waals surface area contributed by atoms with E-state index in [1.165, 1.54) is 11.3 Å². The molecule has 0 aliphatic carbocycles. The van der Waals surface area contributed by atoms with Crippen LogP contribution in [0.3, 0.4) is 0 Å². The Balaban J connectivity index is 0.00000153. The van der Waals surface area contributed by atoms with Gasteiger partial charge in [-0.3, -0.25) is 4.79 Å². The van der Waals surface area contributed by atoms with Crippen molar-refractivity contribution >= 4 is 29.4 Å². The van der Waals surface area contributed by atoms with Gasteiger partial charge < -0.3 is 19.8 Å². The fourth-order valence-electron chi connectivity index (χ4n) is 2.24. The summed E-state index contributed by atoms with van der Waals surface area (Å²) < 4.78 is 5.41. The molecule has 0 bridgehead atoms. The van der Waals surface area contributed by atoms with Crippen LogP contribution in [-0.4, -0.2) is 56.8 Å². The zero-order valence-corrected chi connectivity index (χ0v) is 17.8. The average Bonchev–Trinajstić information content (AvgIpc) is 2.93. The van der Waals surface area contributed by atoms with Crippen LogP contribution < -0.4 is 0 Å². The maximum Gasteiger partial charge on any atom is 0.410 e. The van der Waals surface area contributed by atoms with E-state index in [0.29, 0.717) is 12.8 Å². The molecule has 0 radical (unpaired) electrons. The van der Waals surface area contributed by atoms with E-state index in [0.717, 1.165) is 11.9 Å². The smallest absolute Gasteiger partial charge is 0.410 e. The third-order valence-electron chi connectivity index (χ3n) is 3.37. The molecule has 0 saturated heterocycles. The van der Waals surface area contributed by atoms with Crippen LogP contribution in [0.25, 0.3) is 0 Å². The lowest BCUT2D eigenvalue weighted by Crippen LogP contribution is -2.43. The summed E-state index contributed by atoms with van der Waals surface area (Å²) in [7, 11) is 1.74. The van der Waals surface area contributed by atoms with Gasteiger partial charge in [0.2, 0.25) is 0 Å². The van der Waals surface area contributed by atoms with Crippen molar-refractivity contribution in [2.75, 3.05) is 7.05 Å². The first-order valence-corrected chi connectivity index (χ1v) is 9.45. The number of thiazole rings is 1. The highest BCUT2D eigenvalue weighted by atomic mass is 32.1. The molecule has 8 nitrogen and oxygen atoms in total. The number of carbonyl (C=O) groups is 3. The van der Waals surface area contributed by atoms with Crippen LogP contribution in [0, 0.1) is 5.92 Å². The molecule has 154 valence electrons. The third kappa shape index (κ3) is 10.5. The van der Waals surface area contributed by atoms with Crippen LogP contribution in [0.1, 0.15) is 63.5 Å². The lowest BCUT2D eigenvalue weighted by atomic mass is 9.98. The number of aromatic carboxylic acids is 1. The number of hydrogen-bond acceptors (Lipinski definition) is 6. The Morgan fingerprint density at radius 1 is 1.26 bits per heavy atom. The van der Waals surface area contributed by atoms with Crippen molar-refractivity contribution < 1.29 is 29.3 Å². The molecule has 27 heavy (non-hydrogen) atoms. The summed E-state index contributed by atoms with van der Waals surface area (Å²) in [6, 6.07) is 0.00188. The van der Waals surface area contributed by atoms with Gasteiger partial charge in [-0.2, -0.15) is 0 Å². The van der Waals surface area contributed by atoms with Gasteiger partial charge in [0, 0.05) is 31.8 Å². The van der Waals surface area contributed by atoms with Crippen molar-refractivity contribution in [2.24, 2.45) is 5.92 Å². The number of aryl methyl sites for hydroxylation is 1. The van der Waals surface area contributed by atoms with E-state index < -0.39 is 17.5 Å². The van der Waals surface area contributed by atoms with E-state index >= 15 is 0 Å². The molecule has 2 N–H and O–H groups in total. The normalized spacial score (nSPS) is 12.0. The minimum absolute atomic E-state index is 0.00188. The first kappa shape index (κ1) is 24.8. The largest absolute Gasteiger partial charge is 0.481 e. The molecule has 0 spiro atoms. The zero-order valence-electron chi connectivity index (χ0n) is 17.0. The lowest BCUT2D eigenvalue weighted by Gasteiger charge is -2.33. The zero-order chi connectivity index (χ0) is 21.4. The highest BCUT2D eigenvalue weighted by molar-refractivity contribution is 7.09. The second kappa shape index (κ2) is 10.9. The Bertz CT molecular complexity index is 632. The number of amides is 1. The van der Waals surface area contributed by atoms with E-state index in [1.54, 1.807) is 17.3 Å². The van der Waals surface area contributed by atoms with Crippen LogP contribution in [-0.2, 0) is 16.0 Å². The first-order chi connectivity index (χ1) is 12.2. The molecular weight excluding hydrogens is 372 g/mol. The summed E-state index contributed by atoms with van der Waals surface area (Å²) in [6.45, 7) is 10.7. The van der Waals surface area contributed by atoms with Crippen molar-refractivity contribution in [3.8, 4) is 0 Å². The van der Waals surface area contributed by atoms with Crippen molar-refractivity contribution in [3.05, 3.63) is 16.1 Å². The number of rotatable bonds is 6. The van der Waals surface area contributed by atoms with Crippen LogP contribution in [0.2, 0.25) is 0 Å². The first-order valence-electron chi connectivity index (χ1n) is 8.57. The standard InChI is InChI=1S/C16H26N2O4S.C2H4O2/c1-10(2)12(18(6)15(21)22-16(3,4)5)7-8-13-17-11(9-23-13)14(19)20;1-2(3)4/h9-10,12H,7-8H2,1-6H3,(H,19,20);1H3,(H,3,4). The Morgan fingerprint density at radius 3 is 2.15 bits per heavy atom. The maximum atomic E-state index is 12.2. The molecular formula is C18H30N2O6S. The van der Waals surface area contributed by atoms with E-state index in [4.69, 9.17) is 19.7 Å². The maximum absolute atomic E-state index is 12.2. The van der Waals surface area contributed by atoms with Crippen LogP contribution >= 0.6 is 11.3 Å². The van der Waals surface area contributed by atoms with Gasteiger partial charge in [-0.25, -0.2) is 14.6 Å². The molecule has 1 rings (SSSR count). The highest BCUT2D eigenvalue weighted by Gasteiger charge is 2.27. The van der Waals surface area contributed by atoms with E-state index in [2.05, 4.69) is 18.8 Å².